The fourth-order valence-electron chi connectivity index (χ4n) is 4.04. The molecule has 0 bridgehead atoms. The smallest absolute Gasteiger partial charge is 0.326 e. The molecule has 2 rings (SSSR count). The van der Waals surface area contributed by atoms with Crippen LogP contribution in [0.2, 0.25) is 0 Å². The fraction of sp³-hybridized carbons (Fsp3) is 0.429. The van der Waals surface area contributed by atoms with E-state index in [4.69, 9.17) is 11.5 Å². The number of carbonyl (C=O) groups is 4. The second kappa shape index (κ2) is 16.5. The van der Waals surface area contributed by atoms with Crippen molar-refractivity contribution in [3.8, 4) is 5.75 Å². The summed E-state index contributed by atoms with van der Waals surface area (Å²) in [5, 5.41) is 21.8. The van der Waals surface area contributed by atoms with Crippen LogP contribution in [0.3, 0.4) is 0 Å². The number of imide groups is 1. The lowest BCUT2D eigenvalue weighted by Gasteiger charge is -2.32. The number of nitrogens with zero attached hydrogens (tertiary/aromatic N) is 1. The van der Waals surface area contributed by atoms with Crippen LogP contribution in [-0.2, 0) is 32.0 Å². The average molecular weight is 559 g/mol. The van der Waals surface area contributed by atoms with Gasteiger partial charge in [-0.2, -0.15) is 11.8 Å². The molecule has 0 aliphatic rings. The number of phenolic OH excluding ortho intramolecular Hbond substituents is 1. The van der Waals surface area contributed by atoms with Crippen LogP contribution in [0.4, 0.5) is 0 Å². The third-order valence-electron chi connectivity index (χ3n) is 6.17. The summed E-state index contributed by atoms with van der Waals surface area (Å²) in [5.74, 6) is -2.71. The van der Waals surface area contributed by atoms with E-state index in [2.05, 4.69) is 5.32 Å². The summed E-state index contributed by atoms with van der Waals surface area (Å²) < 4.78 is 0. The number of carbonyl (C=O) groups excluding carboxylic acids is 3. The third-order valence-corrected chi connectivity index (χ3v) is 6.82. The molecule has 0 unspecified atom stereocenters. The first-order chi connectivity index (χ1) is 18.7. The SMILES string of the molecule is CSCC[C@H](NC(=O)[C@H](Cc1ccccc1)N(C(=O)CCCCN)C(=O)[C@@H](N)Cc1ccc(O)cc1)C(=O)O. The Bertz CT molecular complexity index is 1080. The molecule has 0 fully saturated rings. The van der Waals surface area contributed by atoms with E-state index < -0.39 is 41.8 Å². The first-order valence-corrected chi connectivity index (χ1v) is 14.2. The lowest BCUT2D eigenvalue weighted by Crippen LogP contribution is -2.59. The molecule has 3 amide bonds. The van der Waals surface area contributed by atoms with Gasteiger partial charge in [0.05, 0.1) is 6.04 Å². The Balaban J connectivity index is 2.44. The maximum absolute atomic E-state index is 13.7. The van der Waals surface area contributed by atoms with Crippen molar-refractivity contribution < 1.29 is 29.4 Å². The Morgan fingerprint density at radius 3 is 2.21 bits per heavy atom. The summed E-state index contributed by atoms with van der Waals surface area (Å²) in [4.78, 5) is 53.5. The van der Waals surface area contributed by atoms with Gasteiger partial charge in [-0.25, -0.2) is 4.79 Å². The van der Waals surface area contributed by atoms with Crippen molar-refractivity contribution in [3.05, 3.63) is 65.7 Å². The quantitative estimate of drug-likeness (QED) is 0.192. The molecule has 0 aliphatic carbocycles. The molecule has 0 radical (unpaired) electrons. The van der Waals surface area contributed by atoms with Gasteiger partial charge in [-0.3, -0.25) is 19.3 Å². The van der Waals surface area contributed by atoms with Crippen molar-refractivity contribution in [1.82, 2.24) is 10.2 Å². The zero-order valence-electron chi connectivity index (χ0n) is 22.1. The molecular formula is C28H38N4O6S. The van der Waals surface area contributed by atoms with Gasteiger partial charge >= 0.3 is 5.97 Å². The van der Waals surface area contributed by atoms with Crippen LogP contribution in [0.15, 0.2) is 54.6 Å². The Morgan fingerprint density at radius 1 is 0.974 bits per heavy atom. The lowest BCUT2D eigenvalue weighted by molar-refractivity contribution is -0.153. The van der Waals surface area contributed by atoms with E-state index in [1.54, 1.807) is 42.5 Å². The minimum Gasteiger partial charge on any atom is -0.508 e. The van der Waals surface area contributed by atoms with Crippen LogP contribution >= 0.6 is 11.8 Å². The number of aliphatic carboxylic acids is 1. The number of carboxylic acids is 1. The number of aromatic hydroxyl groups is 1. The normalized spacial score (nSPS) is 13.2. The van der Waals surface area contributed by atoms with Gasteiger partial charge in [-0.05, 0) is 67.5 Å². The number of hydrogen-bond acceptors (Lipinski definition) is 8. The molecule has 0 aliphatic heterocycles. The number of amides is 3. The number of benzene rings is 2. The first-order valence-electron chi connectivity index (χ1n) is 12.8. The molecule has 11 heteroatoms. The van der Waals surface area contributed by atoms with Gasteiger partial charge in [-0.1, -0.05) is 42.5 Å². The Morgan fingerprint density at radius 2 is 1.62 bits per heavy atom. The van der Waals surface area contributed by atoms with Gasteiger partial charge in [0.15, 0.2) is 0 Å². The number of hydrogen-bond donors (Lipinski definition) is 5. The molecule has 0 saturated carbocycles. The molecule has 2 aromatic rings. The third kappa shape index (κ3) is 10.3. The van der Waals surface area contributed by atoms with Crippen molar-refractivity contribution in [1.29, 1.82) is 0 Å². The van der Waals surface area contributed by atoms with E-state index in [0.717, 1.165) is 4.90 Å². The number of unbranched alkanes of at least 4 members (excludes halogenated alkanes) is 1. The second-order valence-electron chi connectivity index (χ2n) is 9.21. The monoisotopic (exact) mass is 558 g/mol. The van der Waals surface area contributed by atoms with Crippen molar-refractivity contribution in [2.75, 3.05) is 18.6 Å². The summed E-state index contributed by atoms with van der Waals surface area (Å²) in [6, 6.07) is 11.4. The Hall–Kier alpha value is -3.41. The van der Waals surface area contributed by atoms with Gasteiger partial charge in [0.2, 0.25) is 17.7 Å². The molecule has 0 aromatic heterocycles. The van der Waals surface area contributed by atoms with Gasteiger partial charge in [0.25, 0.3) is 0 Å². The van der Waals surface area contributed by atoms with Crippen molar-refractivity contribution in [2.24, 2.45) is 11.5 Å². The van der Waals surface area contributed by atoms with E-state index in [0.29, 0.717) is 36.3 Å². The van der Waals surface area contributed by atoms with E-state index >= 15 is 0 Å². The molecule has 3 atom stereocenters. The molecule has 0 heterocycles. The van der Waals surface area contributed by atoms with E-state index in [-0.39, 0.29) is 31.4 Å². The maximum Gasteiger partial charge on any atom is 0.326 e. The van der Waals surface area contributed by atoms with Crippen molar-refractivity contribution >= 4 is 35.5 Å². The summed E-state index contributed by atoms with van der Waals surface area (Å²) >= 11 is 1.44. The summed E-state index contributed by atoms with van der Waals surface area (Å²) in [5.41, 5.74) is 13.2. The van der Waals surface area contributed by atoms with Crippen LogP contribution in [0, 0.1) is 0 Å². The van der Waals surface area contributed by atoms with Crippen LogP contribution in [0.25, 0.3) is 0 Å². The van der Waals surface area contributed by atoms with Crippen LogP contribution < -0.4 is 16.8 Å². The summed E-state index contributed by atoms with van der Waals surface area (Å²) in [6.07, 6.45) is 3.00. The van der Waals surface area contributed by atoms with Crippen LogP contribution in [0.5, 0.6) is 5.75 Å². The second-order valence-corrected chi connectivity index (χ2v) is 10.2. The molecule has 2 aromatic carbocycles. The fourth-order valence-corrected chi connectivity index (χ4v) is 4.51. The van der Waals surface area contributed by atoms with Crippen molar-refractivity contribution in [3.63, 3.8) is 0 Å². The standard InChI is InChI=1S/C28H38N4O6S/c1-39-16-14-23(28(37)38)31-26(35)24(18-19-7-3-2-4-8-19)32(25(34)9-5-6-15-29)27(36)22(30)17-20-10-12-21(33)13-11-20/h2-4,7-8,10-13,22-24,33H,5-6,9,14-18,29-30H2,1H3,(H,31,35)(H,37,38)/t22-,23-,24-/m0/s1. The highest BCUT2D eigenvalue weighted by atomic mass is 32.2. The van der Waals surface area contributed by atoms with E-state index in [1.807, 2.05) is 6.26 Å². The zero-order valence-corrected chi connectivity index (χ0v) is 22.9. The highest BCUT2D eigenvalue weighted by Gasteiger charge is 2.38. The summed E-state index contributed by atoms with van der Waals surface area (Å²) in [6.45, 7) is 0.366. The van der Waals surface area contributed by atoms with Crippen molar-refractivity contribution in [2.45, 2.75) is 56.7 Å². The van der Waals surface area contributed by atoms with E-state index in [9.17, 15) is 29.4 Å². The Kier molecular flexibility index (Phi) is 13.5. The molecule has 39 heavy (non-hydrogen) atoms. The predicted molar refractivity (Wildman–Crippen MR) is 151 cm³/mol. The van der Waals surface area contributed by atoms with Crippen LogP contribution in [0.1, 0.15) is 36.8 Å². The minimum absolute atomic E-state index is 0.0121. The van der Waals surface area contributed by atoms with Gasteiger partial charge in [-0.15, -0.1) is 0 Å². The number of rotatable bonds is 16. The number of carboxylic acid groups (broad SMARTS) is 1. The number of phenols is 1. The highest BCUT2D eigenvalue weighted by molar-refractivity contribution is 7.98. The lowest BCUT2D eigenvalue weighted by atomic mass is 9.99. The maximum atomic E-state index is 13.7. The van der Waals surface area contributed by atoms with Gasteiger partial charge in [0, 0.05) is 12.8 Å². The highest BCUT2D eigenvalue weighted by Crippen LogP contribution is 2.17. The zero-order chi connectivity index (χ0) is 28.8. The first kappa shape index (κ1) is 31.8. The topological polar surface area (TPSA) is 176 Å². The number of nitrogens with two attached hydrogens (primary N) is 2. The summed E-state index contributed by atoms with van der Waals surface area (Å²) in [7, 11) is 0. The molecule has 7 N–H and O–H groups in total. The van der Waals surface area contributed by atoms with Crippen LogP contribution in [-0.4, -0.2) is 75.5 Å². The Labute approximate surface area is 233 Å². The molecule has 0 spiro atoms. The number of thioether (sulfide) groups is 1. The molecule has 0 saturated heterocycles. The average Bonchev–Trinajstić information content (AvgIpc) is 2.92. The predicted octanol–water partition coefficient (Wildman–Crippen LogP) is 1.68. The number of nitrogens with one attached hydrogen (secondary N) is 1. The minimum atomic E-state index is -1.31. The van der Waals surface area contributed by atoms with Gasteiger partial charge < -0.3 is 27.0 Å². The van der Waals surface area contributed by atoms with Gasteiger partial charge in [0.1, 0.15) is 17.8 Å². The van der Waals surface area contributed by atoms with E-state index in [1.165, 1.54) is 23.9 Å². The molecular weight excluding hydrogens is 520 g/mol. The largest absolute Gasteiger partial charge is 0.508 e. The molecule has 10 nitrogen and oxygen atoms in total. The molecule has 212 valence electrons.